The number of amides is 1. The van der Waals surface area contributed by atoms with Gasteiger partial charge in [0.1, 0.15) is 0 Å². The van der Waals surface area contributed by atoms with E-state index in [9.17, 15) is 9.59 Å². The van der Waals surface area contributed by atoms with Crippen LogP contribution in [-0.2, 0) is 0 Å². The van der Waals surface area contributed by atoms with Gasteiger partial charge >= 0.3 is 5.97 Å². The van der Waals surface area contributed by atoms with E-state index < -0.39 is 11.9 Å². The predicted octanol–water partition coefficient (Wildman–Crippen LogP) is 2.39. The lowest BCUT2D eigenvalue weighted by molar-refractivity contribution is 0.0698. The topological polar surface area (TPSA) is 92.2 Å². The molecule has 0 fully saturated rings. The lowest BCUT2D eigenvalue weighted by atomic mass is 10.1. The van der Waals surface area contributed by atoms with Crippen LogP contribution in [0, 0.1) is 6.92 Å². The molecule has 2 aromatic rings. The highest BCUT2D eigenvalue weighted by Crippen LogP contribution is 2.21. The first-order chi connectivity index (χ1) is 9.49. The maximum absolute atomic E-state index is 12.0. The van der Waals surface area contributed by atoms with Gasteiger partial charge in [-0.2, -0.15) is 0 Å². The molecule has 1 heterocycles. The number of rotatable bonds is 3. The summed E-state index contributed by atoms with van der Waals surface area (Å²) in [6.07, 6.45) is 0. The highest BCUT2D eigenvalue weighted by Gasteiger charge is 2.16. The van der Waals surface area contributed by atoms with Crippen LogP contribution in [0.25, 0.3) is 0 Å². The molecule has 0 saturated heterocycles. The van der Waals surface area contributed by atoms with Gasteiger partial charge in [-0.05, 0) is 30.7 Å². The van der Waals surface area contributed by atoms with Crippen LogP contribution in [0.4, 0.5) is 5.69 Å². The molecule has 2 rings (SSSR count). The first-order valence-electron chi connectivity index (χ1n) is 5.62. The molecule has 0 radical (unpaired) electrons. The number of nitrogens with one attached hydrogen (secondary N) is 1. The van der Waals surface area contributed by atoms with Crippen molar-refractivity contribution in [3.05, 3.63) is 52.3 Å². The molecule has 102 valence electrons. The first kappa shape index (κ1) is 14.0. The molecular formula is C13H10ClN3O3. The van der Waals surface area contributed by atoms with Crippen molar-refractivity contribution in [2.75, 3.05) is 5.32 Å². The number of para-hydroxylation sites is 1. The molecule has 0 aliphatic carbocycles. The zero-order valence-corrected chi connectivity index (χ0v) is 11.2. The van der Waals surface area contributed by atoms with Crippen LogP contribution in [0.15, 0.2) is 30.3 Å². The van der Waals surface area contributed by atoms with Crippen LogP contribution in [-0.4, -0.2) is 27.2 Å². The van der Waals surface area contributed by atoms with E-state index in [0.29, 0.717) is 5.56 Å². The standard InChI is InChI=1S/C13H10ClN3O3/c1-7-3-2-4-8(13(19)20)11(7)15-12(18)9-5-6-10(14)17-16-9/h2-6H,1H3,(H,15,18)(H,19,20). The summed E-state index contributed by atoms with van der Waals surface area (Å²) in [7, 11) is 0. The third-order valence-corrected chi connectivity index (χ3v) is 2.81. The minimum atomic E-state index is -1.12. The second-order valence-corrected chi connectivity index (χ2v) is 4.39. The summed E-state index contributed by atoms with van der Waals surface area (Å²) in [6.45, 7) is 1.70. The van der Waals surface area contributed by atoms with Crippen LogP contribution in [0.5, 0.6) is 0 Å². The van der Waals surface area contributed by atoms with E-state index in [4.69, 9.17) is 16.7 Å². The lowest BCUT2D eigenvalue weighted by Gasteiger charge is -2.10. The molecule has 1 aromatic carbocycles. The molecule has 0 aliphatic heterocycles. The van der Waals surface area contributed by atoms with E-state index in [1.807, 2.05) is 0 Å². The van der Waals surface area contributed by atoms with E-state index >= 15 is 0 Å². The molecule has 0 unspecified atom stereocenters. The minimum Gasteiger partial charge on any atom is -0.478 e. The second kappa shape index (κ2) is 5.66. The number of anilines is 1. The molecule has 0 bridgehead atoms. The fourth-order valence-corrected chi connectivity index (χ4v) is 1.73. The Balaban J connectivity index is 2.32. The molecule has 0 atom stereocenters. The SMILES string of the molecule is Cc1cccc(C(=O)O)c1NC(=O)c1ccc(Cl)nn1. The average Bonchev–Trinajstić information content (AvgIpc) is 2.41. The van der Waals surface area contributed by atoms with Crippen molar-refractivity contribution in [2.45, 2.75) is 6.92 Å². The molecule has 0 aliphatic rings. The molecule has 7 heteroatoms. The van der Waals surface area contributed by atoms with Gasteiger partial charge in [-0.25, -0.2) is 4.79 Å². The highest BCUT2D eigenvalue weighted by molar-refractivity contribution is 6.29. The van der Waals surface area contributed by atoms with Crippen LogP contribution >= 0.6 is 11.6 Å². The van der Waals surface area contributed by atoms with Crippen molar-refractivity contribution in [1.29, 1.82) is 0 Å². The molecular weight excluding hydrogens is 282 g/mol. The fraction of sp³-hybridized carbons (Fsp3) is 0.0769. The average molecular weight is 292 g/mol. The zero-order valence-electron chi connectivity index (χ0n) is 10.4. The van der Waals surface area contributed by atoms with Crippen molar-refractivity contribution in [3.8, 4) is 0 Å². The molecule has 0 saturated carbocycles. The molecule has 0 spiro atoms. The first-order valence-corrected chi connectivity index (χ1v) is 6.00. The van der Waals surface area contributed by atoms with E-state index in [1.165, 1.54) is 18.2 Å². The quantitative estimate of drug-likeness (QED) is 0.906. The van der Waals surface area contributed by atoms with Gasteiger partial charge in [-0.1, -0.05) is 23.7 Å². The van der Waals surface area contributed by atoms with Gasteiger partial charge in [-0.15, -0.1) is 10.2 Å². The maximum atomic E-state index is 12.0. The minimum absolute atomic E-state index is 0.0141. The summed E-state index contributed by atoms with van der Waals surface area (Å²) in [4.78, 5) is 23.1. The number of carbonyl (C=O) groups excluding carboxylic acids is 1. The lowest BCUT2D eigenvalue weighted by Crippen LogP contribution is -2.17. The van der Waals surface area contributed by atoms with Crippen molar-refractivity contribution in [1.82, 2.24) is 10.2 Å². The normalized spacial score (nSPS) is 10.1. The number of nitrogens with zero attached hydrogens (tertiary/aromatic N) is 2. The number of aromatic nitrogens is 2. The van der Waals surface area contributed by atoms with Gasteiger partial charge < -0.3 is 10.4 Å². The number of hydrogen-bond acceptors (Lipinski definition) is 4. The smallest absolute Gasteiger partial charge is 0.337 e. The molecule has 6 nitrogen and oxygen atoms in total. The van der Waals surface area contributed by atoms with Gasteiger partial charge in [0.15, 0.2) is 10.8 Å². The third kappa shape index (κ3) is 2.92. The van der Waals surface area contributed by atoms with Crippen LogP contribution in [0.1, 0.15) is 26.4 Å². The van der Waals surface area contributed by atoms with Crippen LogP contribution < -0.4 is 5.32 Å². The molecule has 20 heavy (non-hydrogen) atoms. The van der Waals surface area contributed by atoms with E-state index in [-0.39, 0.29) is 22.1 Å². The fourth-order valence-electron chi connectivity index (χ4n) is 1.63. The monoisotopic (exact) mass is 291 g/mol. The summed E-state index contributed by atoms with van der Waals surface area (Å²) in [5.74, 6) is -1.67. The summed E-state index contributed by atoms with van der Waals surface area (Å²) in [5.41, 5.74) is 0.941. The summed E-state index contributed by atoms with van der Waals surface area (Å²) in [5, 5.41) is 19.0. The van der Waals surface area contributed by atoms with Crippen molar-refractivity contribution >= 4 is 29.2 Å². The summed E-state index contributed by atoms with van der Waals surface area (Å²) >= 11 is 5.59. The Morgan fingerprint density at radius 1 is 1.20 bits per heavy atom. The maximum Gasteiger partial charge on any atom is 0.337 e. The van der Waals surface area contributed by atoms with Gasteiger partial charge in [0.25, 0.3) is 5.91 Å². The Morgan fingerprint density at radius 2 is 1.95 bits per heavy atom. The zero-order chi connectivity index (χ0) is 14.7. The van der Waals surface area contributed by atoms with E-state index in [1.54, 1.807) is 19.1 Å². The van der Waals surface area contributed by atoms with E-state index in [0.717, 1.165) is 0 Å². The Hall–Kier alpha value is -2.47. The van der Waals surface area contributed by atoms with Gasteiger partial charge in [-0.3, -0.25) is 4.79 Å². The molecule has 1 amide bonds. The van der Waals surface area contributed by atoms with Crippen LogP contribution in [0.3, 0.4) is 0 Å². The Bertz CT molecular complexity index is 671. The summed E-state index contributed by atoms with van der Waals surface area (Å²) < 4.78 is 0. The number of halogens is 1. The highest BCUT2D eigenvalue weighted by atomic mass is 35.5. The number of carbonyl (C=O) groups is 2. The molecule has 2 N–H and O–H groups in total. The number of carboxylic acids is 1. The van der Waals surface area contributed by atoms with Crippen molar-refractivity contribution in [3.63, 3.8) is 0 Å². The predicted molar refractivity (Wildman–Crippen MR) is 73.1 cm³/mol. The van der Waals surface area contributed by atoms with Crippen LogP contribution in [0.2, 0.25) is 5.15 Å². The van der Waals surface area contributed by atoms with Gasteiger partial charge in [0.2, 0.25) is 0 Å². The number of aryl methyl sites for hydroxylation is 1. The van der Waals surface area contributed by atoms with Gasteiger partial charge in [0, 0.05) is 0 Å². The Kier molecular flexibility index (Phi) is 3.95. The second-order valence-electron chi connectivity index (χ2n) is 4.00. The van der Waals surface area contributed by atoms with Gasteiger partial charge in [0.05, 0.1) is 11.3 Å². The largest absolute Gasteiger partial charge is 0.478 e. The Morgan fingerprint density at radius 3 is 2.55 bits per heavy atom. The Labute approximate surface area is 119 Å². The number of aromatic carboxylic acids is 1. The number of carboxylic acid groups (broad SMARTS) is 1. The summed E-state index contributed by atoms with van der Waals surface area (Å²) in [6, 6.07) is 7.56. The molecule has 1 aromatic heterocycles. The van der Waals surface area contributed by atoms with Crippen molar-refractivity contribution in [2.24, 2.45) is 0 Å². The number of benzene rings is 1. The number of hydrogen-bond donors (Lipinski definition) is 2. The third-order valence-electron chi connectivity index (χ3n) is 2.61. The van der Waals surface area contributed by atoms with E-state index in [2.05, 4.69) is 15.5 Å². The van der Waals surface area contributed by atoms with Crippen molar-refractivity contribution < 1.29 is 14.7 Å².